The van der Waals surface area contributed by atoms with E-state index in [0.717, 1.165) is 32.1 Å². The molecule has 0 saturated carbocycles. The van der Waals surface area contributed by atoms with E-state index in [4.69, 9.17) is 9.47 Å². The van der Waals surface area contributed by atoms with Crippen LogP contribution in [-0.2, 0) is 14.3 Å². The van der Waals surface area contributed by atoms with Gasteiger partial charge in [-0.25, -0.2) is 0 Å². The van der Waals surface area contributed by atoms with Crippen LogP contribution in [0.2, 0.25) is 0 Å². The molecule has 9 heteroatoms. The standard InChI is InChI=1S/C55H107NO8/c1-3-5-7-9-11-13-15-17-18-19-20-21-22-23-24-25-26-27-28-29-30-31-33-35-37-39-41-43-45-51(59)56-48(47-63-55-54(62)53(61)52(60)50(46-57)64-55)49(58)44-42-40-38-36-34-32-16-14-12-10-8-6-4-2/h40,42,48-50,52-55,57-58,60-62H,3-39,41,43-47H2,1-2H3,(H,56,59)/t48-,49+,50+,52+,53?,54?,55+/m0/s1. The number of hydrogen-bond acceptors (Lipinski definition) is 8. The maximum absolute atomic E-state index is 13.0. The minimum atomic E-state index is -1.56. The number of rotatable bonds is 48. The highest BCUT2D eigenvalue weighted by Crippen LogP contribution is 2.23. The fourth-order valence-corrected chi connectivity index (χ4v) is 9.15. The first-order valence-electron chi connectivity index (χ1n) is 27.9. The summed E-state index contributed by atoms with van der Waals surface area (Å²) in [6.07, 6.45) is 48.4. The van der Waals surface area contributed by atoms with Gasteiger partial charge in [-0.1, -0.05) is 257 Å². The Morgan fingerprint density at radius 3 is 1.25 bits per heavy atom. The number of unbranched alkanes of at least 4 members (excludes halogenated alkanes) is 37. The number of carbonyl (C=O) groups excluding carboxylic acids is 1. The van der Waals surface area contributed by atoms with Gasteiger partial charge in [-0.2, -0.15) is 0 Å². The highest BCUT2D eigenvalue weighted by atomic mass is 16.7. The van der Waals surface area contributed by atoms with E-state index in [2.05, 4.69) is 25.2 Å². The molecule has 7 atom stereocenters. The zero-order valence-electron chi connectivity index (χ0n) is 42.1. The number of hydrogen-bond donors (Lipinski definition) is 6. The van der Waals surface area contributed by atoms with Crippen LogP contribution >= 0.6 is 0 Å². The van der Waals surface area contributed by atoms with Gasteiger partial charge >= 0.3 is 0 Å². The average molecular weight is 910 g/mol. The van der Waals surface area contributed by atoms with Crippen molar-refractivity contribution in [2.75, 3.05) is 13.2 Å². The molecule has 1 aliphatic heterocycles. The summed E-state index contributed by atoms with van der Waals surface area (Å²) in [5.41, 5.74) is 0. The van der Waals surface area contributed by atoms with Crippen molar-refractivity contribution in [3.8, 4) is 0 Å². The van der Waals surface area contributed by atoms with Gasteiger partial charge in [0.1, 0.15) is 24.4 Å². The van der Waals surface area contributed by atoms with Crippen molar-refractivity contribution in [1.82, 2.24) is 5.32 Å². The number of carbonyl (C=O) groups is 1. The van der Waals surface area contributed by atoms with Gasteiger partial charge in [0, 0.05) is 6.42 Å². The van der Waals surface area contributed by atoms with Gasteiger partial charge in [0.2, 0.25) is 5.91 Å². The van der Waals surface area contributed by atoms with Crippen molar-refractivity contribution in [1.29, 1.82) is 0 Å². The Hall–Kier alpha value is -1.07. The topological polar surface area (TPSA) is 149 Å². The summed E-state index contributed by atoms with van der Waals surface area (Å²) in [6.45, 7) is 3.82. The van der Waals surface area contributed by atoms with Crippen LogP contribution in [0.25, 0.3) is 0 Å². The summed E-state index contributed by atoms with van der Waals surface area (Å²) in [5, 5.41) is 54.4. The third kappa shape index (κ3) is 35.1. The van der Waals surface area contributed by atoms with Gasteiger partial charge in [0.05, 0.1) is 25.4 Å². The fraction of sp³-hybridized carbons (Fsp3) is 0.945. The molecule has 1 saturated heterocycles. The van der Waals surface area contributed by atoms with Crippen LogP contribution in [0.3, 0.4) is 0 Å². The highest BCUT2D eigenvalue weighted by Gasteiger charge is 2.44. The van der Waals surface area contributed by atoms with E-state index >= 15 is 0 Å². The van der Waals surface area contributed by atoms with Crippen molar-refractivity contribution >= 4 is 5.91 Å². The molecule has 380 valence electrons. The number of amides is 1. The van der Waals surface area contributed by atoms with E-state index in [1.807, 2.05) is 6.08 Å². The highest BCUT2D eigenvalue weighted by molar-refractivity contribution is 5.76. The van der Waals surface area contributed by atoms with Crippen LogP contribution < -0.4 is 5.32 Å². The van der Waals surface area contributed by atoms with Crippen LogP contribution in [0, 0.1) is 0 Å². The van der Waals surface area contributed by atoms with Crippen molar-refractivity contribution in [3.05, 3.63) is 12.2 Å². The van der Waals surface area contributed by atoms with Crippen LogP contribution in [0.5, 0.6) is 0 Å². The molecule has 0 aromatic heterocycles. The van der Waals surface area contributed by atoms with Gasteiger partial charge in [-0.05, 0) is 25.7 Å². The molecule has 0 bridgehead atoms. The fourth-order valence-electron chi connectivity index (χ4n) is 9.15. The second-order valence-electron chi connectivity index (χ2n) is 19.7. The van der Waals surface area contributed by atoms with Crippen LogP contribution in [0.1, 0.15) is 277 Å². The lowest BCUT2D eigenvalue weighted by Gasteiger charge is -2.40. The maximum atomic E-state index is 13.0. The summed E-state index contributed by atoms with van der Waals surface area (Å²) in [6, 6.07) is -0.763. The zero-order chi connectivity index (χ0) is 46.6. The number of nitrogens with one attached hydrogen (secondary N) is 1. The largest absolute Gasteiger partial charge is 0.394 e. The number of aliphatic hydroxyl groups is 5. The Bertz CT molecular complexity index is 1010. The Morgan fingerprint density at radius 1 is 0.516 bits per heavy atom. The lowest BCUT2D eigenvalue weighted by molar-refractivity contribution is -0.302. The molecule has 9 nitrogen and oxygen atoms in total. The quantitative estimate of drug-likeness (QED) is 0.0261. The lowest BCUT2D eigenvalue weighted by atomic mass is 9.99. The molecule has 0 radical (unpaired) electrons. The molecule has 1 fully saturated rings. The molecule has 0 aliphatic carbocycles. The molecule has 6 N–H and O–H groups in total. The molecule has 0 aromatic carbocycles. The Morgan fingerprint density at radius 2 is 0.875 bits per heavy atom. The third-order valence-electron chi connectivity index (χ3n) is 13.6. The van der Waals surface area contributed by atoms with Crippen molar-refractivity contribution < 1.29 is 39.8 Å². The lowest BCUT2D eigenvalue weighted by Crippen LogP contribution is -2.60. The zero-order valence-corrected chi connectivity index (χ0v) is 42.1. The van der Waals surface area contributed by atoms with Gasteiger partial charge in [0.15, 0.2) is 6.29 Å². The molecule has 0 aromatic rings. The Kier molecular flexibility index (Phi) is 43.5. The number of allylic oxidation sites excluding steroid dienone is 1. The van der Waals surface area contributed by atoms with E-state index in [1.54, 1.807) is 0 Å². The van der Waals surface area contributed by atoms with Gasteiger partial charge in [-0.15, -0.1) is 0 Å². The first kappa shape index (κ1) is 60.9. The molecule has 1 amide bonds. The van der Waals surface area contributed by atoms with Crippen molar-refractivity contribution in [3.63, 3.8) is 0 Å². The summed E-state index contributed by atoms with van der Waals surface area (Å²) in [7, 11) is 0. The van der Waals surface area contributed by atoms with Crippen LogP contribution in [0.15, 0.2) is 12.2 Å². The monoisotopic (exact) mass is 910 g/mol. The van der Waals surface area contributed by atoms with E-state index in [-0.39, 0.29) is 12.5 Å². The van der Waals surface area contributed by atoms with Crippen molar-refractivity contribution in [2.24, 2.45) is 0 Å². The van der Waals surface area contributed by atoms with Gasteiger partial charge < -0.3 is 40.3 Å². The predicted molar refractivity (Wildman–Crippen MR) is 267 cm³/mol. The van der Waals surface area contributed by atoms with Gasteiger partial charge in [-0.3, -0.25) is 4.79 Å². The summed E-state index contributed by atoms with van der Waals surface area (Å²) >= 11 is 0. The maximum Gasteiger partial charge on any atom is 0.220 e. The molecule has 2 unspecified atom stereocenters. The molecular weight excluding hydrogens is 803 g/mol. The Balaban J connectivity index is 2.15. The minimum Gasteiger partial charge on any atom is -0.394 e. The summed E-state index contributed by atoms with van der Waals surface area (Å²) in [4.78, 5) is 13.0. The van der Waals surface area contributed by atoms with Gasteiger partial charge in [0.25, 0.3) is 0 Å². The second kappa shape index (κ2) is 45.7. The normalized spacial score (nSPS) is 20.0. The first-order chi connectivity index (χ1) is 31.3. The smallest absolute Gasteiger partial charge is 0.220 e. The Labute approximate surface area is 395 Å². The molecule has 1 rings (SSSR count). The average Bonchev–Trinajstić information content (AvgIpc) is 3.29. The van der Waals surface area contributed by atoms with E-state index < -0.39 is 49.5 Å². The summed E-state index contributed by atoms with van der Waals surface area (Å²) in [5.74, 6) is -0.161. The first-order valence-corrected chi connectivity index (χ1v) is 27.9. The number of aliphatic hydroxyl groups excluding tert-OH is 5. The van der Waals surface area contributed by atoms with E-state index in [0.29, 0.717) is 12.8 Å². The molecule has 1 heterocycles. The van der Waals surface area contributed by atoms with Crippen LogP contribution in [-0.4, -0.2) is 87.5 Å². The van der Waals surface area contributed by atoms with Crippen molar-refractivity contribution in [2.45, 2.75) is 320 Å². The molecule has 64 heavy (non-hydrogen) atoms. The summed E-state index contributed by atoms with van der Waals surface area (Å²) < 4.78 is 11.3. The number of ether oxygens (including phenoxy) is 2. The predicted octanol–water partition coefficient (Wildman–Crippen LogP) is 13.2. The third-order valence-corrected chi connectivity index (χ3v) is 13.6. The molecule has 0 spiro atoms. The molecule has 1 aliphatic rings. The second-order valence-corrected chi connectivity index (χ2v) is 19.7. The minimum absolute atomic E-state index is 0.161. The molecular formula is C55H107NO8. The van der Waals surface area contributed by atoms with E-state index in [1.165, 1.54) is 218 Å². The van der Waals surface area contributed by atoms with Crippen LogP contribution in [0.4, 0.5) is 0 Å². The van der Waals surface area contributed by atoms with E-state index in [9.17, 15) is 30.3 Å². The SMILES string of the molecule is CCCCCCCCCCCCC=CC[C@@H](O)[C@H](CO[C@@H]1O[C@H](CO)[C@@H](O)C(O)C1O)NC(=O)CCCCCCCCCCCCCCCCCCCCCCCCCCCCCC.